The fourth-order valence-electron chi connectivity index (χ4n) is 2.91. The fourth-order valence-corrected chi connectivity index (χ4v) is 2.91. The van der Waals surface area contributed by atoms with Crippen molar-refractivity contribution in [2.75, 3.05) is 13.7 Å². The molecule has 1 amide bonds. The van der Waals surface area contributed by atoms with Crippen molar-refractivity contribution in [2.24, 2.45) is 4.99 Å². The lowest BCUT2D eigenvalue weighted by Crippen LogP contribution is -2.35. The molecule has 0 saturated carbocycles. The first-order valence-electron chi connectivity index (χ1n) is 7.81. The highest BCUT2D eigenvalue weighted by molar-refractivity contribution is 6.08. The Morgan fingerprint density at radius 2 is 1.87 bits per heavy atom. The number of carbonyl (C=O) groups excluding carboxylic acids is 1. The van der Waals surface area contributed by atoms with Crippen molar-refractivity contribution in [2.45, 2.75) is 19.4 Å². The Hall–Kier alpha value is -2.62. The van der Waals surface area contributed by atoms with Gasteiger partial charge < -0.3 is 4.74 Å². The van der Waals surface area contributed by atoms with Crippen LogP contribution in [0.5, 0.6) is 0 Å². The smallest absolute Gasteiger partial charge is 0.415 e. The van der Waals surface area contributed by atoms with Gasteiger partial charge in [-0.2, -0.15) is 0 Å². The normalized spacial score (nSPS) is 17.0. The summed E-state index contributed by atoms with van der Waals surface area (Å²) in [7, 11) is 1.40. The van der Waals surface area contributed by atoms with Crippen LogP contribution >= 0.6 is 0 Å². The van der Waals surface area contributed by atoms with Crippen molar-refractivity contribution in [3.63, 3.8) is 0 Å². The number of amides is 1. The molecular weight excluding hydrogens is 288 g/mol. The van der Waals surface area contributed by atoms with Gasteiger partial charge in [-0.1, -0.05) is 61.5 Å². The van der Waals surface area contributed by atoms with Crippen LogP contribution in [0.15, 0.2) is 59.6 Å². The molecule has 0 radical (unpaired) electrons. The van der Waals surface area contributed by atoms with Gasteiger partial charge in [0, 0.05) is 5.56 Å². The number of carbonyl (C=O) groups is 1. The second kappa shape index (κ2) is 6.65. The van der Waals surface area contributed by atoms with Crippen LogP contribution < -0.4 is 0 Å². The summed E-state index contributed by atoms with van der Waals surface area (Å²) >= 11 is 0. The molecule has 1 atom stereocenters. The van der Waals surface area contributed by atoms with E-state index in [0.29, 0.717) is 12.4 Å². The monoisotopic (exact) mass is 308 g/mol. The summed E-state index contributed by atoms with van der Waals surface area (Å²) in [6, 6.07) is 18.1. The highest BCUT2D eigenvalue weighted by Gasteiger charge is 2.32. The lowest BCUT2D eigenvalue weighted by atomic mass is 10.0. The second-order valence-electron chi connectivity index (χ2n) is 5.47. The van der Waals surface area contributed by atoms with E-state index in [1.165, 1.54) is 12.7 Å². The number of methoxy groups -OCH3 is 1. The van der Waals surface area contributed by atoms with E-state index < -0.39 is 0 Å². The molecule has 23 heavy (non-hydrogen) atoms. The van der Waals surface area contributed by atoms with Gasteiger partial charge in [0.25, 0.3) is 0 Å². The van der Waals surface area contributed by atoms with Crippen LogP contribution in [0.1, 0.15) is 29.7 Å². The maximum absolute atomic E-state index is 12.2. The van der Waals surface area contributed by atoms with Gasteiger partial charge in [0.15, 0.2) is 0 Å². The Kier molecular flexibility index (Phi) is 4.42. The van der Waals surface area contributed by atoms with Gasteiger partial charge in [-0.25, -0.2) is 4.79 Å². The minimum absolute atomic E-state index is 0.0600. The number of aliphatic imine (C=N–C) groups is 1. The first-order chi connectivity index (χ1) is 11.2. The summed E-state index contributed by atoms with van der Waals surface area (Å²) in [5.74, 6) is 0.697. The van der Waals surface area contributed by atoms with Crippen molar-refractivity contribution >= 4 is 11.9 Å². The summed E-state index contributed by atoms with van der Waals surface area (Å²) in [5, 5.41) is 0. The molecule has 0 unspecified atom stereocenters. The highest BCUT2D eigenvalue weighted by atomic mass is 16.5. The molecule has 2 aromatic carbocycles. The Labute approximate surface area is 136 Å². The lowest BCUT2D eigenvalue weighted by molar-refractivity contribution is 0.147. The SMILES string of the molecule is CCc1ccccc1C1=N[C@@H](c2ccccc2)CN1C(=O)OC. The van der Waals surface area contributed by atoms with Crippen LogP contribution in [0.4, 0.5) is 4.79 Å². The molecule has 0 saturated heterocycles. The van der Waals surface area contributed by atoms with E-state index in [1.807, 2.05) is 48.5 Å². The minimum atomic E-state index is -0.368. The molecule has 0 aromatic heterocycles. The number of hydrogen-bond acceptors (Lipinski definition) is 3. The Morgan fingerprint density at radius 3 is 2.57 bits per heavy atom. The molecular formula is C19H20N2O2. The summed E-state index contributed by atoms with van der Waals surface area (Å²) in [6.45, 7) is 2.61. The molecule has 3 rings (SSSR count). The third-order valence-corrected chi connectivity index (χ3v) is 4.11. The van der Waals surface area contributed by atoms with Gasteiger partial charge in [-0.05, 0) is 17.5 Å². The summed E-state index contributed by atoms with van der Waals surface area (Å²) in [6.07, 6.45) is 0.522. The molecule has 4 nitrogen and oxygen atoms in total. The van der Waals surface area contributed by atoms with E-state index in [0.717, 1.165) is 17.5 Å². The maximum atomic E-state index is 12.2. The zero-order valence-electron chi connectivity index (χ0n) is 13.4. The molecule has 118 valence electrons. The zero-order valence-corrected chi connectivity index (χ0v) is 13.4. The molecule has 1 heterocycles. The number of aryl methyl sites for hydroxylation is 1. The van der Waals surface area contributed by atoms with Gasteiger partial charge >= 0.3 is 6.09 Å². The van der Waals surface area contributed by atoms with E-state index in [1.54, 1.807) is 4.90 Å². The van der Waals surface area contributed by atoms with Crippen LogP contribution in [0, 0.1) is 0 Å². The molecule has 1 aliphatic rings. The van der Waals surface area contributed by atoms with E-state index in [4.69, 9.17) is 9.73 Å². The first-order valence-corrected chi connectivity index (χ1v) is 7.81. The Bertz CT molecular complexity index is 725. The van der Waals surface area contributed by atoms with Crippen molar-refractivity contribution in [1.29, 1.82) is 0 Å². The number of benzene rings is 2. The molecule has 2 aromatic rings. The van der Waals surface area contributed by atoms with E-state index in [-0.39, 0.29) is 12.1 Å². The van der Waals surface area contributed by atoms with Gasteiger partial charge in [-0.3, -0.25) is 9.89 Å². The molecule has 0 N–H and O–H groups in total. The van der Waals surface area contributed by atoms with Crippen LogP contribution in [-0.2, 0) is 11.2 Å². The molecule has 1 aliphatic heterocycles. The van der Waals surface area contributed by atoms with Gasteiger partial charge in [0.05, 0.1) is 19.7 Å². The van der Waals surface area contributed by atoms with Gasteiger partial charge in [0.1, 0.15) is 5.84 Å². The predicted octanol–water partition coefficient (Wildman–Crippen LogP) is 3.82. The highest BCUT2D eigenvalue weighted by Crippen LogP contribution is 2.28. The van der Waals surface area contributed by atoms with E-state index in [2.05, 4.69) is 13.0 Å². The van der Waals surface area contributed by atoms with Gasteiger partial charge in [-0.15, -0.1) is 0 Å². The molecule has 0 aliphatic carbocycles. The average molecular weight is 308 g/mol. The average Bonchev–Trinajstić information content (AvgIpc) is 3.07. The third kappa shape index (κ3) is 2.97. The summed E-state index contributed by atoms with van der Waals surface area (Å²) < 4.78 is 4.95. The number of rotatable bonds is 3. The molecule has 0 fully saturated rings. The quantitative estimate of drug-likeness (QED) is 0.865. The Balaban J connectivity index is 2.04. The summed E-state index contributed by atoms with van der Waals surface area (Å²) in [5.41, 5.74) is 3.28. The van der Waals surface area contributed by atoms with Crippen LogP contribution in [0.3, 0.4) is 0 Å². The van der Waals surface area contributed by atoms with Crippen molar-refractivity contribution in [3.05, 3.63) is 71.3 Å². The largest absolute Gasteiger partial charge is 0.452 e. The number of ether oxygens (including phenoxy) is 1. The first kappa shape index (κ1) is 15.3. The number of hydrogen-bond donors (Lipinski definition) is 0. The fraction of sp³-hybridized carbons (Fsp3) is 0.263. The third-order valence-electron chi connectivity index (χ3n) is 4.11. The van der Waals surface area contributed by atoms with E-state index in [9.17, 15) is 4.79 Å². The van der Waals surface area contributed by atoms with Crippen molar-refractivity contribution in [1.82, 2.24) is 4.90 Å². The van der Waals surface area contributed by atoms with E-state index >= 15 is 0 Å². The lowest BCUT2D eigenvalue weighted by Gasteiger charge is -2.19. The maximum Gasteiger partial charge on any atom is 0.415 e. The molecule has 0 spiro atoms. The van der Waals surface area contributed by atoms with Crippen molar-refractivity contribution < 1.29 is 9.53 Å². The van der Waals surface area contributed by atoms with Gasteiger partial charge in [0.2, 0.25) is 0 Å². The van der Waals surface area contributed by atoms with Crippen LogP contribution in [-0.4, -0.2) is 30.5 Å². The standard InChI is InChI=1S/C19H20N2O2/c1-3-14-9-7-8-12-16(14)18-20-17(13-21(18)19(22)23-2)15-10-5-4-6-11-15/h4-12,17H,3,13H2,1-2H3/t17-/m1/s1. The number of amidine groups is 1. The van der Waals surface area contributed by atoms with Crippen molar-refractivity contribution in [3.8, 4) is 0 Å². The zero-order chi connectivity index (χ0) is 16.2. The van der Waals surface area contributed by atoms with Crippen LogP contribution in [0.25, 0.3) is 0 Å². The summed E-state index contributed by atoms with van der Waals surface area (Å²) in [4.78, 5) is 18.7. The topological polar surface area (TPSA) is 41.9 Å². The number of nitrogens with zero attached hydrogens (tertiary/aromatic N) is 2. The van der Waals surface area contributed by atoms with Crippen LogP contribution in [0.2, 0.25) is 0 Å². The molecule has 4 heteroatoms. The minimum Gasteiger partial charge on any atom is -0.452 e. The Morgan fingerprint density at radius 1 is 1.17 bits per heavy atom. The predicted molar refractivity (Wildman–Crippen MR) is 90.7 cm³/mol. The molecule has 0 bridgehead atoms. The second-order valence-corrected chi connectivity index (χ2v) is 5.47.